The molecule has 24 heavy (non-hydrogen) atoms. The highest BCUT2D eigenvalue weighted by atomic mass is 32.1. The smallest absolute Gasteiger partial charge is 0.251 e. The van der Waals surface area contributed by atoms with Gasteiger partial charge >= 0.3 is 0 Å². The van der Waals surface area contributed by atoms with Crippen molar-refractivity contribution in [1.82, 2.24) is 18.8 Å². The zero-order chi connectivity index (χ0) is 17.1. The van der Waals surface area contributed by atoms with Crippen molar-refractivity contribution in [2.75, 3.05) is 31.1 Å². The summed E-state index contributed by atoms with van der Waals surface area (Å²) in [6.45, 7) is 6.79. The maximum atomic E-state index is 12.5. The van der Waals surface area contributed by atoms with Crippen molar-refractivity contribution in [1.29, 1.82) is 0 Å². The molecule has 8 heteroatoms. The van der Waals surface area contributed by atoms with Crippen LogP contribution < -0.4 is 10.5 Å². The molecule has 7 nitrogen and oxygen atoms in total. The number of aromatic nitrogens is 3. The minimum atomic E-state index is -0.135. The van der Waals surface area contributed by atoms with Gasteiger partial charge in [-0.3, -0.25) is 9.59 Å². The molecular formula is C16H21N5O2S. The molecule has 1 aliphatic rings. The molecule has 1 aliphatic heterocycles. The monoisotopic (exact) mass is 347 g/mol. The van der Waals surface area contributed by atoms with Crippen molar-refractivity contribution >= 4 is 22.6 Å². The van der Waals surface area contributed by atoms with Gasteiger partial charge in [0.1, 0.15) is 12.4 Å². The first-order chi connectivity index (χ1) is 11.5. The topological polar surface area (TPSA) is 71.3 Å². The van der Waals surface area contributed by atoms with Crippen molar-refractivity contribution < 1.29 is 4.79 Å². The molecule has 2 aromatic heterocycles. The molecule has 0 atom stereocenters. The summed E-state index contributed by atoms with van der Waals surface area (Å²) in [5.41, 5.74) is 0.769. The summed E-state index contributed by atoms with van der Waals surface area (Å²) in [7, 11) is 0. The lowest BCUT2D eigenvalue weighted by atomic mass is 10.3. The fourth-order valence-corrected chi connectivity index (χ4v) is 3.48. The van der Waals surface area contributed by atoms with E-state index >= 15 is 0 Å². The van der Waals surface area contributed by atoms with Crippen LogP contribution in [0.3, 0.4) is 0 Å². The number of aryl methyl sites for hydroxylation is 2. The number of pyridine rings is 1. The van der Waals surface area contributed by atoms with Crippen molar-refractivity contribution in [3.05, 3.63) is 40.1 Å². The van der Waals surface area contributed by atoms with Crippen LogP contribution in [0.2, 0.25) is 0 Å². The molecule has 0 spiro atoms. The van der Waals surface area contributed by atoms with Gasteiger partial charge in [0.05, 0.1) is 0 Å². The zero-order valence-corrected chi connectivity index (χ0v) is 14.8. The first-order valence-electron chi connectivity index (χ1n) is 8.03. The van der Waals surface area contributed by atoms with Gasteiger partial charge < -0.3 is 14.4 Å². The van der Waals surface area contributed by atoms with Gasteiger partial charge in [-0.05, 0) is 31.9 Å². The van der Waals surface area contributed by atoms with Gasteiger partial charge in [-0.1, -0.05) is 0 Å². The van der Waals surface area contributed by atoms with E-state index in [0.717, 1.165) is 36.0 Å². The Labute approximate surface area is 144 Å². The summed E-state index contributed by atoms with van der Waals surface area (Å²) in [5.74, 6) is 0.766. The van der Waals surface area contributed by atoms with Gasteiger partial charge in [-0.25, -0.2) is 4.98 Å². The number of rotatable bonds is 3. The van der Waals surface area contributed by atoms with Gasteiger partial charge in [0.15, 0.2) is 0 Å². The van der Waals surface area contributed by atoms with Crippen molar-refractivity contribution in [3.8, 4) is 0 Å². The van der Waals surface area contributed by atoms with E-state index in [9.17, 15) is 9.59 Å². The molecule has 1 amide bonds. The summed E-state index contributed by atoms with van der Waals surface area (Å²) < 4.78 is 5.68. The molecule has 3 rings (SSSR count). The second kappa shape index (κ2) is 7.12. The normalized spacial score (nSPS) is 15.4. The summed E-state index contributed by atoms with van der Waals surface area (Å²) in [6.07, 6.45) is 2.57. The van der Waals surface area contributed by atoms with Crippen LogP contribution >= 0.6 is 11.5 Å². The number of nitrogens with zero attached hydrogens (tertiary/aromatic N) is 5. The third kappa shape index (κ3) is 3.81. The Balaban J connectivity index is 1.63. The van der Waals surface area contributed by atoms with Crippen LogP contribution in [0.1, 0.15) is 17.8 Å². The SMILES string of the molecule is Cc1ccn(CC(=O)N2CCCN(c3nc(C)ns3)CC2)c(=O)c1. The standard InChI is InChI=1S/C16H21N5O2S/c1-12-4-7-21(14(22)10-12)11-15(23)19-5-3-6-20(9-8-19)16-17-13(2)18-24-16/h4,7,10H,3,5-6,8-9,11H2,1-2H3. The molecule has 1 fully saturated rings. The van der Waals surface area contributed by atoms with E-state index in [1.807, 2.05) is 24.8 Å². The molecule has 2 aromatic rings. The Morgan fingerprint density at radius 1 is 1.25 bits per heavy atom. The summed E-state index contributed by atoms with van der Waals surface area (Å²) in [4.78, 5) is 32.9. The molecule has 3 heterocycles. The van der Waals surface area contributed by atoms with Gasteiger partial charge in [0.25, 0.3) is 5.56 Å². The van der Waals surface area contributed by atoms with Gasteiger partial charge in [0.2, 0.25) is 11.0 Å². The van der Waals surface area contributed by atoms with E-state index in [1.165, 1.54) is 16.1 Å². The van der Waals surface area contributed by atoms with Crippen LogP contribution in [-0.2, 0) is 11.3 Å². The third-order valence-electron chi connectivity index (χ3n) is 4.09. The van der Waals surface area contributed by atoms with Crippen LogP contribution in [0.5, 0.6) is 0 Å². The van der Waals surface area contributed by atoms with Gasteiger partial charge in [-0.15, -0.1) is 0 Å². The van der Waals surface area contributed by atoms with Crippen molar-refractivity contribution in [3.63, 3.8) is 0 Å². The second-order valence-corrected chi connectivity index (χ2v) is 6.75. The molecule has 0 radical (unpaired) electrons. The van der Waals surface area contributed by atoms with E-state index in [4.69, 9.17) is 0 Å². The second-order valence-electron chi connectivity index (χ2n) is 6.02. The number of hydrogen-bond acceptors (Lipinski definition) is 6. The number of carbonyl (C=O) groups is 1. The maximum absolute atomic E-state index is 12.5. The number of hydrogen-bond donors (Lipinski definition) is 0. The minimum absolute atomic E-state index is 0.0174. The summed E-state index contributed by atoms with van der Waals surface area (Å²) in [6, 6.07) is 3.39. The van der Waals surface area contributed by atoms with Crippen LogP contribution in [0.4, 0.5) is 5.13 Å². The third-order valence-corrected chi connectivity index (χ3v) is 4.96. The first-order valence-corrected chi connectivity index (χ1v) is 8.80. The Hall–Kier alpha value is -2.22. The first kappa shape index (κ1) is 16.6. The summed E-state index contributed by atoms with van der Waals surface area (Å²) in [5, 5.41) is 0.913. The van der Waals surface area contributed by atoms with E-state index in [-0.39, 0.29) is 18.0 Å². The Bertz CT molecular complexity index is 785. The van der Waals surface area contributed by atoms with Gasteiger partial charge in [-0.2, -0.15) is 4.37 Å². The fourth-order valence-electron chi connectivity index (χ4n) is 2.76. The molecule has 0 saturated carbocycles. The predicted octanol–water partition coefficient (Wildman–Crippen LogP) is 1.06. The molecular weight excluding hydrogens is 326 g/mol. The lowest BCUT2D eigenvalue weighted by Gasteiger charge is -2.22. The van der Waals surface area contributed by atoms with Crippen molar-refractivity contribution in [2.24, 2.45) is 0 Å². The van der Waals surface area contributed by atoms with Crippen LogP contribution in [0.25, 0.3) is 0 Å². The average molecular weight is 347 g/mol. The lowest BCUT2D eigenvalue weighted by molar-refractivity contribution is -0.131. The van der Waals surface area contributed by atoms with Gasteiger partial charge in [0, 0.05) is 50.0 Å². The maximum Gasteiger partial charge on any atom is 0.251 e. The molecule has 0 aliphatic carbocycles. The molecule has 0 aromatic carbocycles. The van der Waals surface area contributed by atoms with E-state index in [1.54, 1.807) is 12.3 Å². The van der Waals surface area contributed by atoms with Crippen LogP contribution in [0.15, 0.2) is 23.1 Å². The Kier molecular flexibility index (Phi) is 4.94. The van der Waals surface area contributed by atoms with Crippen molar-refractivity contribution in [2.45, 2.75) is 26.8 Å². The minimum Gasteiger partial charge on any atom is -0.345 e. The Morgan fingerprint density at radius 2 is 2.08 bits per heavy atom. The van der Waals surface area contributed by atoms with E-state index < -0.39 is 0 Å². The number of anilines is 1. The molecule has 0 N–H and O–H groups in total. The largest absolute Gasteiger partial charge is 0.345 e. The Morgan fingerprint density at radius 3 is 2.79 bits per heavy atom. The quantitative estimate of drug-likeness (QED) is 0.830. The molecule has 1 saturated heterocycles. The number of amides is 1. The highest BCUT2D eigenvalue weighted by molar-refractivity contribution is 7.09. The van der Waals surface area contributed by atoms with Crippen LogP contribution in [-0.4, -0.2) is 50.9 Å². The highest BCUT2D eigenvalue weighted by Crippen LogP contribution is 2.18. The number of carbonyl (C=O) groups excluding carboxylic acids is 1. The summed E-state index contributed by atoms with van der Waals surface area (Å²) >= 11 is 1.40. The average Bonchev–Trinajstić information content (AvgIpc) is 2.83. The highest BCUT2D eigenvalue weighted by Gasteiger charge is 2.21. The van der Waals surface area contributed by atoms with E-state index in [2.05, 4.69) is 14.3 Å². The fraction of sp³-hybridized carbons (Fsp3) is 0.500. The predicted molar refractivity (Wildman–Crippen MR) is 93.5 cm³/mol. The lowest BCUT2D eigenvalue weighted by Crippen LogP contribution is -2.38. The van der Waals surface area contributed by atoms with E-state index in [0.29, 0.717) is 13.1 Å². The molecule has 128 valence electrons. The van der Waals surface area contributed by atoms with Crippen LogP contribution in [0, 0.1) is 13.8 Å². The zero-order valence-electron chi connectivity index (χ0n) is 13.9. The molecule has 0 unspecified atom stereocenters. The molecule has 0 bridgehead atoms.